The predicted molar refractivity (Wildman–Crippen MR) is 127 cm³/mol. The van der Waals surface area contributed by atoms with Crippen molar-refractivity contribution in [3.8, 4) is 0 Å². The molecule has 0 amide bonds. The first-order chi connectivity index (χ1) is 15.2. The number of hydrogen-bond acceptors (Lipinski definition) is 4. The molecule has 0 spiro atoms. The highest BCUT2D eigenvalue weighted by molar-refractivity contribution is 7.89. The first-order valence-electron chi connectivity index (χ1n) is 11.1. The standard InChI is InChI=1S/C25H32N4O2S/c1-25(2,3)24-22(19-27(4)26-24)32(30,31)29-17-15-28(16-18-29)23(20-11-7-5-8-12-20)21-13-9-6-10-14-21/h5-14,19,23H,15-18H2,1-4H3. The van der Waals surface area contributed by atoms with E-state index in [1.165, 1.54) is 11.1 Å². The van der Waals surface area contributed by atoms with Crippen molar-refractivity contribution in [2.75, 3.05) is 26.2 Å². The lowest BCUT2D eigenvalue weighted by atomic mass is 9.92. The second-order valence-electron chi connectivity index (χ2n) is 9.43. The number of aryl methyl sites for hydroxylation is 1. The summed E-state index contributed by atoms with van der Waals surface area (Å²) in [6, 6.07) is 21.0. The molecule has 0 saturated carbocycles. The van der Waals surface area contributed by atoms with Gasteiger partial charge in [-0.05, 0) is 11.1 Å². The van der Waals surface area contributed by atoms with Gasteiger partial charge in [0.2, 0.25) is 10.0 Å². The largest absolute Gasteiger partial charge is 0.290 e. The molecule has 3 aromatic rings. The van der Waals surface area contributed by atoms with Crippen LogP contribution < -0.4 is 0 Å². The Bertz CT molecular complexity index is 1100. The van der Waals surface area contributed by atoms with E-state index >= 15 is 0 Å². The minimum absolute atomic E-state index is 0.103. The monoisotopic (exact) mass is 452 g/mol. The van der Waals surface area contributed by atoms with Crippen molar-refractivity contribution in [2.24, 2.45) is 7.05 Å². The van der Waals surface area contributed by atoms with Crippen LogP contribution in [-0.4, -0.2) is 53.6 Å². The van der Waals surface area contributed by atoms with E-state index < -0.39 is 10.0 Å². The molecular weight excluding hydrogens is 420 g/mol. The molecular formula is C25H32N4O2S. The van der Waals surface area contributed by atoms with Crippen LogP contribution in [0.3, 0.4) is 0 Å². The predicted octanol–water partition coefficient (Wildman–Crippen LogP) is 3.81. The van der Waals surface area contributed by atoms with Gasteiger partial charge in [-0.1, -0.05) is 81.4 Å². The van der Waals surface area contributed by atoms with Crippen LogP contribution in [0.2, 0.25) is 0 Å². The van der Waals surface area contributed by atoms with Crippen LogP contribution in [0.4, 0.5) is 0 Å². The number of sulfonamides is 1. The second-order valence-corrected chi connectivity index (χ2v) is 11.3. The molecule has 0 bridgehead atoms. The van der Waals surface area contributed by atoms with Gasteiger partial charge >= 0.3 is 0 Å². The zero-order valence-corrected chi connectivity index (χ0v) is 20.1. The van der Waals surface area contributed by atoms with E-state index in [9.17, 15) is 8.42 Å². The van der Waals surface area contributed by atoms with E-state index in [0.29, 0.717) is 36.8 Å². The van der Waals surface area contributed by atoms with Gasteiger partial charge in [0, 0.05) is 44.8 Å². The molecule has 0 N–H and O–H groups in total. The fraction of sp³-hybridized carbons (Fsp3) is 0.400. The van der Waals surface area contributed by atoms with Crippen LogP contribution in [-0.2, 0) is 22.5 Å². The first kappa shape index (κ1) is 22.7. The summed E-state index contributed by atoms with van der Waals surface area (Å²) < 4.78 is 30.3. The summed E-state index contributed by atoms with van der Waals surface area (Å²) in [5, 5.41) is 4.47. The van der Waals surface area contributed by atoms with Gasteiger partial charge in [0.25, 0.3) is 0 Å². The number of nitrogens with zero attached hydrogens (tertiary/aromatic N) is 4. The van der Waals surface area contributed by atoms with E-state index in [-0.39, 0.29) is 11.5 Å². The molecule has 0 atom stereocenters. The second kappa shape index (κ2) is 8.81. The highest BCUT2D eigenvalue weighted by atomic mass is 32.2. The van der Waals surface area contributed by atoms with E-state index in [1.807, 2.05) is 32.9 Å². The molecule has 1 aromatic heterocycles. The van der Waals surface area contributed by atoms with Crippen LogP contribution in [0.25, 0.3) is 0 Å². The molecule has 6 nitrogen and oxygen atoms in total. The molecule has 170 valence electrons. The zero-order valence-electron chi connectivity index (χ0n) is 19.3. The molecule has 1 saturated heterocycles. The van der Waals surface area contributed by atoms with Crippen LogP contribution in [0.1, 0.15) is 43.6 Å². The molecule has 1 aliphatic rings. The molecule has 2 heterocycles. The minimum Gasteiger partial charge on any atom is -0.290 e. The molecule has 2 aromatic carbocycles. The Kier molecular flexibility index (Phi) is 6.25. The Morgan fingerprint density at radius 3 is 1.81 bits per heavy atom. The lowest BCUT2D eigenvalue weighted by molar-refractivity contribution is 0.155. The van der Waals surface area contributed by atoms with Crippen molar-refractivity contribution in [2.45, 2.75) is 37.1 Å². The van der Waals surface area contributed by atoms with Crippen molar-refractivity contribution in [1.29, 1.82) is 0 Å². The molecule has 4 rings (SSSR count). The Labute approximate surface area is 191 Å². The van der Waals surface area contributed by atoms with E-state index in [1.54, 1.807) is 22.2 Å². The lowest BCUT2D eigenvalue weighted by Gasteiger charge is -2.39. The molecule has 1 aliphatic heterocycles. The third kappa shape index (κ3) is 4.51. The highest BCUT2D eigenvalue weighted by Crippen LogP contribution is 2.32. The van der Waals surface area contributed by atoms with Crippen molar-refractivity contribution in [1.82, 2.24) is 19.0 Å². The quantitative estimate of drug-likeness (QED) is 0.591. The zero-order chi connectivity index (χ0) is 22.9. The fourth-order valence-electron chi connectivity index (χ4n) is 4.40. The Hall–Kier alpha value is -2.48. The van der Waals surface area contributed by atoms with Gasteiger partial charge < -0.3 is 0 Å². The Balaban J connectivity index is 1.58. The summed E-state index contributed by atoms with van der Waals surface area (Å²) in [6.07, 6.45) is 1.64. The van der Waals surface area contributed by atoms with E-state index in [2.05, 4.69) is 58.5 Å². The van der Waals surface area contributed by atoms with Gasteiger partial charge in [0.05, 0.1) is 11.7 Å². The van der Waals surface area contributed by atoms with Gasteiger partial charge in [-0.15, -0.1) is 0 Å². The average Bonchev–Trinajstić information content (AvgIpc) is 3.19. The van der Waals surface area contributed by atoms with Crippen LogP contribution in [0, 0.1) is 0 Å². The van der Waals surface area contributed by atoms with Crippen LogP contribution in [0.5, 0.6) is 0 Å². The third-order valence-corrected chi connectivity index (χ3v) is 7.89. The molecule has 32 heavy (non-hydrogen) atoms. The van der Waals surface area contributed by atoms with Gasteiger partial charge in [-0.25, -0.2) is 8.42 Å². The number of aromatic nitrogens is 2. The summed E-state index contributed by atoms with van der Waals surface area (Å²) >= 11 is 0. The van der Waals surface area contributed by atoms with Crippen molar-refractivity contribution < 1.29 is 8.42 Å². The third-order valence-electron chi connectivity index (χ3n) is 5.99. The van der Waals surface area contributed by atoms with Crippen molar-refractivity contribution in [3.05, 3.63) is 83.7 Å². The maximum absolute atomic E-state index is 13.5. The van der Waals surface area contributed by atoms with E-state index in [0.717, 1.165) is 0 Å². The minimum atomic E-state index is -3.61. The number of hydrogen-bond donors (Lipinski definition) is 0. The normalized spacial score (nSPS) is 16.5. The van der Waals surface area contributed by atoms with Gasteiger partial charge in [-0.3, -0.25) is 9.58 Å². The number of rotatable bonds is 5. The fourth-order valence-corrected chi connectivity index (χ4v) is 6.20. The highest BCUT2D eigenvalue weighted by Gasteiger charge is 2.36. The topological polar surface area (TPSA) is 58.4 Å². The summed E-state index contributed by atoms with van der Waals surface area (Å²) in [6.45, 7) is 8.23. The van der Waals surface area contributed by atoms with Gasteiger partial charge in [-0.2, -0.15) is 9.40 Å². The van der Waals surface area contributed by atoms with Crippen LogP contribution in [0.15, 0.2) is 71.8 Å². The summed E-state index contributed by atoms with van der Waals surface area (Å²) in [5.74, 6) is 0. The Morgan fingerprint density at radius 2 is 1.34 bits per heavy atom. The van der Waals surface area contributed by atoms with Crippen molar-refractivity contribution in [3.63, 3.8) is 0 Å². The first-order valence-corrected chi connectivity index (χ1v) is 12.5. The summed E-state index contributed by atoms with van der Waals surface area (Å²) in [5.41, 5.74) is 2.71. The molecule has 7 heteroatoms. The van der Waals surface area contributed by atoms with E-state index in [4.69, 9.17) is 0 Å². The molecule has 0 aliphatic carbocycles. The SMILES string of the molecule is Cn1cc(S(=O)(=O)N2CCN(C(c3ccccc3)c3ccccc3)CC2)c(C(C)(C)C)n1. The van der Waals surface area contributed by atoms with Crippen molar-refractivity contribution >= 4 is 10.0 Å². The smallest absolute Gasteiger partial charge is 0.246 e. The maximum Gasteiger partial charge on any atom is 0.246 e. The average molecular weight is 453 g/mol. The summed E-state index contributed by atoms with van der Waals surface area (Å²) in [4.78, 5) is 2.70. The van der Waals surface area contributed by atoms with Crippen LogP contribution >= 0.6 is 0 Å². The van der Waals surface area contributed by atoms with Gasteiger partial charge in [0.15, 0.2) is 0 Å². The molecule has 0 unspecified atom stereocenters. The number of piperazine rings is 1. The Morgan fingerprint density at radius 1 is 0.844 bits per heavy atom. The number of benzene rings is 2. The lowest BCUT2D eigenvalue weighted by Crippen LogP contribution is -2.50. The molecule has 0 radical (unpaired) electrons. The maximum atomic E-state index is 13.5. The van der Waals surface area contributed by atoms with Gasteiger partial charge in [0.1, 0.15) is 4.90 Å². The molecule has 1 fully saturated rings. The summed E-state index contributed by atoms with van der Waals surface area (Å²) in [7, 11) is -1.84.